The van der Waals surface area contributed by atoms with Gasteiger partial charge in [0.1, 0.15) is 0 Å². The molecular formula is C17H28FNO. The molecule has 0 heterocycles. The third-order valence-electron chi connectivity index (χ3n) is 3.13. The van der Waals surface area contributed by atoms with Crippen molar-refractivity contribution in [3.8, 4) is 5.75 Å². The Bertz CT molecular complexity index is 379. The molecule has 2 nitrogen and oxygen atoms in total. The standard InChI is InChI=1S/C17H28FNO/c1-4-5-6-7-10-20-17-9-8-15(11-16(17)18)13-19-12-14(2)3/h8-9,11,14,19H,4-7,10,12-13H2,1-3H3. The Morgan fingerprint density at radius 1 is 1.20 bits per heavy atom. The van der Waals surface area contributed by atoms with Crippen molar-refractivity contribution in [2.75, 3.05) is 13.2 Å². The van der Waals surface area contributed by atoms with Crippen LogP contribution >= 0.6 is 0 Å². The van der Waals surface area contributed by atoms with Crippen molar-refractivity contribution in [3.05, 3.63) is 29.6 Å². The summed E-state index contributed by atoms with van der Waals surface area (Å²) in [4.78, 5) is 0. The third kappa shape index (κ3) is 6.90. The third-order valence-corrected chi connectivity index (χ3v) is 3.13. The molecule has 0 saturated heterocycles. The highest BCUT2D eigenvalue weighted by Crippen LogP contribution is 2.19. The van der Waals surface area contributed by atoms with Gasteiger partial charge in [-0.1, -0.05) is 46.1 Å². The van der Waals surface area contributed by atoms with E-state index < -0.39 is 0 Å². The highest BCUT2D eigenvalue weighted by atomic mass is 19.1. The van der Waals surface area contributed by atoms with Crippen molar-refractivity contribution in [1.82, 2.24) is 5.32 Å². The monoisotopic (exact) mass is 281 g/mol. The van der Waals surface area contributed by atoms with Crippen LogP contribution < -0.4 is 10.1 Å². The Balaban J connectivity index is 2.35. The summed E-state index contributed by atoms with van der Waals surface area (Å²) >= 11 is 0. The van der Waals surface area contributed by atoms with Gasteiger partial charge in [-0.3, -0.25) is 0 Å². The van der Waals surface area contributed by atoms with Crippen LogP contribution in [-0.2, 0) is 6.54 Å². The molecule has 0 radical (unpaired) electrons. The van der Waals surface area contributed by atoms with E-state index in [1.807, 2.05) is 6.07 Å². The van der Waals surface area contributed by atoms with Crippen LogP contribution in [0.15, 0.2) is 18.2 Å². The number of benzene rings is 1. The molecule has 3 heteroatoms. The number of halogens is 1. The quantitative estimate of drug-likeness (QED) is 0.636. The lowest BCUT2D eigenvalue weighted by molar-refractivity contribution is 0.290. The van der Waals surface area contributed by atoms with Crippen LogP contribution in [0.5, 0.6) is 5.75 Å². The van der Waals surface area contributed by atoms with Crippen LogP contribution in [0.1, 0.15) is 52.0 Å². The highest BCUT2D eigenvalue weighted by Gasteiger charge is 2.05. The van der Waals surface area contributed by atoms with E-state index in [4.69, 9.17) is 4.74 Å². The molecule has 1 aromatic carbocycles. The molecule has 0 spiro atoms. The molecule has 0 unspecified atom stereocenters. The summed E-state index contributed by atoms with van der Waals surface area (Å²) in [6.07, 6.45) is 4.55. The lowest BCUT2D eigenvalue weighted by atomic mass is 10.2. The summed E-state index contributed by atoms with van der Waals surface area (Å²) in [7, 11) is 0. The molecule has 0 saturated carbocycles. The minimum atomic E-state index is -0.260. The summed E-state index contributed by atoms with van der Waals surface area (Å²) in [5.74, 6) is 0.712. The van der Waals surface area contributed by atoms with Gasteiger partial charge < -0.3 is 10.1 Å². The number of hydrogen-bond acceptors (Lipinski definition) is 2. The Labute approximate surface area is 122 Å². The van der Waals surface area contributed by atoms with E-state index in [9.17, 15) is 4.39 Å². The SMILES string of the molecule is CCCCCCOc1ccc(CNCC(C)C)cc1F. The predicted octanol–water partition coefficient (Wildman–Crippen LogP) is 4.53. The van der Waals surface area contributed by atoms with Crippen LogP contribution in [-0.4, -0.2) is 13.2 Å². The molecule has 0 aromatic heterocycles. The summed E-state index contributed by atoms with van der Waals surface area (Å²) in [5, 5.41) is 3.31. The molecular weight excluding hydrogens is 253 g/mol. The van der Waals surface area contributed by atoms with E-state index in [0.717, 1.165) is 24.9 Å². The van der Waals surface area contributed by atoms with Gasteiger partial charge in [0.15, 0.2) is 11.6 Å². The zero-order chi connectivity index (χ0) is 14.8. The first kappa shape index (κ1) is 17.0. The fraction of sp³-hybridized carbons (Fsp3) is 0.647. The van der Waals surface area contributed by atoms with E-state index in [1.165, 1.54) is 12.8 Å². The van der Waals surface area contributed by atoms with E-state index in [-0.39, 0.29) is 5.82 Å². The highest BCUT2D eigenvalue weighted by molar-refractivity contribution is 5.29. The first-order valence-electron chi connectivity index (χ1n) is 7.75. The number of rotatable bonds is 10. The van der Waals surface area contributed by atoms with Crippen LogP contribution in [0.25, 0.3) is 0 Å². The Hall–Kier alpha value is -1.09. The van der Waals surface area contributed by atoms with Crippen LogP contribution in [0.2, 0.25) is 0 Å². The minimum Gasteiger partial charge on any atom is -0.491 e. The Morgan fingerprint density at radius 3 is 2.65 bits per heavy atom. The second-order valence-electron chi connectivity index (χ2n) is 5.70. The van der Waals surface area contributed by atoms with Crippen molar-refractivity contribution >= 4 is 0 Å². The lowest BCUT2D eigenvalue weighted by Gasteiger charge is -2.10. The van der Waals surface area contributed by atoms with Gasteiger partial charge in [0.2, 0.25) is 0 Å². The summed E-state index contributed by atoms with van der Waals surface area (Å²) in [6.45, 7) is 8.73. The average molecular weight is 281 g/mol. The van der Waals surface area contributed by atoms with Crippen LogP contribution in [0, 0.1) is 11.7 Å². The molecule has 0 aliphatic rings. The molecule has 0 bridgehead atoms. The normalized spacial score (nSPS) is 11.1. The fourth-order valence-corrected chi connectivity index (χ4v) is 1.99. The van der Waals surface area contributed by atoms with Gasteiger partial charge >= 0.3 is 0 Å². The second-order valence-corrected chi connectivity index (χ2v) is 5.70. The molecule has 0 amide bonds. The molecule has 114 valence electrons. The largest absolute Gasteiger partial charge is 0.491 e. The smallest absolute Gasteiger partial charge is 0.165 e. The van der Waals surface area contributed by atoms with Gasteiger partial charge in [0, 0.05) is 6.54 Å². The van der Waals surface area contributed by atoms with Crippen molar-refractivity contribution in [2.45, 2.75) is 53.0 Å². The van der Waals surface area contributed by atoms with E-state index in [0.29, 0.717) is 24.8 Å². The number of hydrogen-bond donors (Lipinski definition) is 1. The number of nitrogens with one attached hydrogen (secondary N) is 1. The summed E-state index contributed by atoms with van der Waals surface area (Å²) < 4.78 is 19.3. The van der Waals surface area contributed by atoms with Crippen molar-refractivity contribution in [2.24, 2.45) is 5.92 Å². The maximum absolute atomic E-state index is 13.9. The average Bonchev–Trinajstić information content (AvgIpc) is 2.40. The van der Waals surface area contributed by atoms with E-state index >= 15 is 0 Å². The molecule has 20 heavy (non-hydrogen) atoms. The maximum atomic E-state index is 13.9. The van der Waals surface area contributed by atoms with E-state index in [1.54, 1.807) is 12.1 Å². The number of ether oxygens (including phenoxy) is 1. The van der Waals surface area contributed by atoms with Gasteiger partial charge in [-0.2, -0.15) is 0 Å². The van der Waals surface area contributed by atoms with Gasteiger partial charge in [-0.15, -0.1) is 0 Å². The van der Waals surface area contributed by atoms with Gasteiger partial charge in [0.05, 0.1) is 6.61 Å². The molecule has 1 rings (SSSR count). The molecule has 0 fully saturated rings. The molecule has 0 aliphatic heterocycles. The molecule has 0 aliphatic carbocycles. The zero-order valence-corrected chi connectivity index (χ0v) is 13.0. The zero-order valence-electron chi connectivity index (χ0n) is 13.0. The molecule has 1 aromatic rings. The lowest BCUT2D eigenvalue weighted by Crippen LogP contribution is -2.19. The van der Waals surface area contributed by atoms with Gasteiger partial charge in [-0.05, 0) is 36.6 Å². The van der Waals surface area contributed by atoms with Crippen LogP contribution in [0.3, 0.4) is 0 Å². The molecule has 1 N–H and O–H groups in total. The predicted molar refractivity (Wildman–Crippen MR) is 82.6 cm³/mol. The summed E-state index contributed by atoms with van der Waals surface area (Å²) in [6, 6.07) is 5.23. The Kier molecular flexibility index (Phi) is 8.28. The van der Waals surface area contributed by atoms with Gasteiger partial charge in [0.25, 0.3) is 0 Å². The number of unbranched alkanes of at least 4 members (excludes halogenated alkanes) is 3. The van der Waals surface area contributed by atoms with Gasteiger partial charge in [-0.25, -0.2) is 4.39 Å². The van der Waals surface area contributed by atoms with Crippen LogP contribution in [0.4, 0.5) is 4.39 Å². The van der Waals surface area contributed by atoms with Crippen molar-refractivity contribution in [3.63, 3.8) is 0 Å². The first-order valence-corrected chi connectivity index (χ1v) is 7.75. The minimum absolute atomic E-state index is 0.260. The topological polar surface area (TPSA) is 21.3 Å². The van der Waals surface area contributed by atoms with Crippen molar-refractivity contribution < 1.29 is 9.13 Å². The summed E-state index contributed by atoms with van der Waals surface area (Å²) in [5.41, 5.74) is 0.960. The first-order chi connectivity index (χ1) is 9.63. The second kappa shape index (κ2) is 9.76. The fourth-order valence-electron chi connectivity index (χ4n) is 1.99. The van der Waals surface area contributed by atoms with Crippen molar-refractivity contribution in [1.29, 1.82) is 0 Å². The maximum Gasteiger partial charge on any atom is 0.165 e. The molecule has 0 atom stereocenters. The van der Waals surface area contributed by atoms with E-state index in [2.05, 4.69) is 26.1 Å². The Morgan fingerprint density at radius 2 is 2.00 bits per heavy atom.